The predicted octanol–water partition coefficient (Wildman–Crippen LogP) is 3.31. The monoisotopic (exact) mass is 456 g/mol. The molecule has 3 aromatic carbocycles. The van der Waals surface area contributed by atoms with Crippen LogP contribution in [-0.2, 0) is 10.0 Å². The van der Waals surface area contributed by atoms with Gasteiger partial charge in [-0.25, -0.2) is 8.42 Å². The van der Waals surface area contributed by atoms with Crippen molar-refractivity contribution in [3.05, 3.63) is 78.4 Å². The summed E-state index contributed by atoms with van der Waals surface area (Å²) < 4.78 is 44.0. The average Bonchev–Trinajstić information content (AvgIpc) is 2.82. The number of carbonyl (C=O) groups excluding carboxylic acids is 1. The lowest BCUT2D eigenvalue weighted by molar-refractivity contribution is 0.0946. The van der Waals surface area contributed by atoms with Crippen molar-refractivity contribution in [2.24, 2.45) is 0 Å². The second-order valence-corrected chi connectivity index (χ2v) is 8.30. The van der Waals surface area contributed by atoms with Crippen LogP contribution in [0.5, 0.6) is 17.2 Å². The standard InChI is InChI=1S/C23H24N2O6S/c1-29-18-8-6-9-19(16-18)31-14-13-24-23(26)17-7-5-10-20(15-17)32(27,28)25-21-11-3-4-12-22(21)30-2/h3-12,15-16,25H,13-14H2,1-2H3,(H,24,26). The Morgan fingerprint density at radius 1 is 0.875 bits per heavy atom. The highest BCUT2D eigenvalue weighted by Crippen LogP contribution is 2.26. The molecule has 168 valence electrons. The molecular weight excluding hydrogens is 432 g/mol. The molecule has 0 saturated heterocycles. The number of para-hydroxylation sites is 2. The normalized spacial score (nSPS) is 10.8. The van der Waals surface area contributed by atoms with Crippen molar-refractivity contribution in [1.82, 2.24) is 5.32 Å². The lowest BCUT2D eigenvalue weighted by Gasteiger charge is -2.12. The minimum Gasteiger partial charge on any atom is -0.497 e. The largest absolute Gasteiger partial charge is 0.497 e. The molecule has 32 heavy (non-hydrogen) atoms. The Labute approximate surface area is 187 Å². The molecule has 0 aliphatic rings. The first-order chi connectivity index (χ1) is 15.4. The number of nitrogens with one attached hydrogen (secondary N) is 2. The number of methoxy groups -OCH3 is 2. The van der Waals surface area contributed by atoms with Crippen LogP contribution < -0.4 is 24.2 Å². The van der Waals surface area contributed by atoms with Crippen LogP contribution in [0.2, 0.25) is 0 Å². The van der Waals surface area contributed by atoms with Gasteiger partial charge < -0.3 is 19.5 Å². The van der Waals surface area contributed by atoms with Crippen LogP contribution in [0.4, 0.5) is 5.69 Å². The van der Waals surface area contributed by atoms with E-state index in [1.54, 1.807) is 61.7 Å². The van der Waals surface area contributed by atoms with E-state index in [9.17, 15) is 13.2 Å². The summed E-state index contributed by atoms with van der Waals surface area (Å²) in [6.07, 6.45) is 0. The number of anilines is 1. The topological polar surface area (TPSA) is 103 Å². The maximum atomic E-state index is 12.8. The van der Waals surface area contributed by atoms with Crippen LogP contribution >= 0.6 is 0 Å². The molecule has 1 amide bonds. The van der Waals surface area contributed by atoms with E-state index in [0.29, 0.717) is 22.9 Å². The number of hydrogen-bond acceptors (Lipinski definition) is 6. The third kappa shape index (κ3) is 5.92. The number of benzene rings is 3. The summed E-state index contributed by atoms with van der Waals surface area (Å²) in [7, 11) is -0.893. The van der Waals surface area contributed by atoms with Gasteiger partial charge in [0.25, 0.3) is 15.9 Å². The molecule has 3 aromatic rings. The SMILES string of the molecule is COc1cccc(OCCNC(=O)c2cccc(S(=O)(=O)Nc3ccccc3OC)c2)c1. The van der Waals surface area contributed by atoms with Gasteiger partial charge in [-0.2, -0.15) is 0 Å². The van der Waals surface area contributed by atoms with Crippen molar-refractivity contribution in [2.75, 3.05) is 32.1 Å². The van der Waals surface area contributed by atoms with E-state index in [2.05, 4.69) is 10.0 Å². The number of hydrogen-bond donors (Lipinski definition) is 2. The van der Waals surface area contributed by atoms with E-state index in [-0.39, 0.29) is 23.6 Å². The molecular formula is C23H24N2O6S. The summed E-state index contributed by atoms with van der Waals surface area (Å²) in [4.78, 5) is 12.4. The maximum absolute atomic E-state index is 12.8. The minimum atomic E-state index is -3.92. The maximum Gasteiger partial charge on any atom is 0.262 e. The molecule has 0 heterocycles. The zero-order valence-electron chi connectivity index (χ0n) is 17.7. The summed E-state index contributed by atoms with van der Waals surface area (Å²) in [5.41, 5.74) is 0.522. The fourth-order valence-corrected chi connectivity index (χ4v) is 3.98. The summed E-state index contributed by atoms with van der Waals surface area (Å²) in [6.45, 7) is 0.485. The summed E-state index contributed by atoms with van der Waals surface area (Å²) in [5, 5.41) is 2.71. The molecule has 0 bridgehead atoms. The van der Waals surface area contributed by atoms with Crippen molar-refractivity contribution in [1.29, 1.82) is 0 Å². The van der Waals surface area contributed by atoms with E-state index in [4.69, 9.17) is 14.2 Å². The Hall–Kier alpha value is -3.72. The van der Waals surface area contributed by atoms with Crippen LogP contribution in [0.3, 0.4) is 0 Å². The summed E-state index contributed by atoms with van der Waals surface area (Å²) in [6, 6.07) is 19.6. The number of sulfonamides is 1. The molecule has 0 aromatic heterocycles. The summed E-state index contributed by atoms with van der Waals surface area (Å²) in [5.74, 6) is 1.27. The van der Waals surface area contributed by atoms with E-state index < -0.39 is 15.9 Å². The Morgan fingerprint density at radius 2 is 1.62 bits per heavy atom. The third-order valence-electron chi connectivity index (χ3n) is 4.46. The van der Waals surface area contributed by atoms with Crippen LogP contribution in [0.15, 0.2) is 77.7 Å². The molecule has 3 rings (SSSR count). The van der Waals surface area contributed by atoms with Gasteiger partial charge in [-0.05, 0) is 42.5 Å². The van der Waals surface area contributed by atoms with Crippen LogP contribution in [0.25, 0.3) is 0 Å². The molecule has 0 aliphatic heterocycles. The third-order valence-corrected chi connectivity index (χ3v) is 5.82. The number of rotatable bonds is 10. The van der Waals surface area contributed by atoms with Gasteiger partial charge in [-0.1, -0.05) is 24.3 Å². The summed E-state index contributed by atoms with van der Waals surface area (Å²) >= 11 is 0. The molecule has 0 atom stereocenters. The fraction of sp³-hybridized carbons (Fsp3) is 0.174. The van der Waals surface area contributed by atoms with Crippen molar-refractivity contribution in [3.63, 3.8) is 0 Å². The first-order valence-electron chi connectivity index (χ1n) is 9.74. The van der Waals surface area contributed by atoms with Crippen LogP contribution in [0.1, 0.15) is 10.4 Å². The molecule has 0 spiro atoms. The number of carbonyl (C=O) groups is 1. The van der Waals surface area contributed by atoms with E-state index in [0.717, 1.165) is 0 Å². The van der Waals surface area contributed by atoms with Crippen molar-refractivity contribution in [3.8, 4) is 17.2 Å². The zero-order valence-corrected chi connectivity index (χ0v) is 18.5. The molecule has 0 radical (unpaired) electrons. The average molecular weight is 457 g/mol. The van der Waals surface area contributed by atoms with E-state index in [1.807, 2.05) is 0 Å². The quantitative estimate of drug-likeness (QED) is 0.454. The second-order valence-electron chi connectivity index (χ2n) is 6.62. The molecule has 2 N–H and O–H groups in total. The van der Waals surface area contributed by atoms with Gasteiger partial charge >= 0.3 is 0 Å². The Morgan fingerprint density at radius 3 is 2.41 bits per heavy atom. The fourth-order valence-electron chi connectivity index (χ4n) is 2.86. The Kier molecular flexibility index (Phi) is 7.56. The highest BCUT2D eigenvalue weighted by molar-refractivity contribution is 7.92. The lowest BCUT2D eigenvalue weighted by atomic mass is 10.2. The van der Waals surface area contributed by atoms with E-state index in [1.165, 1.54) is 25.3 Å². The van der Waals surface area contributed by atoms with Gasteiger partial charge in [0, 0.05) is 11.6 Å². The second kappa shape index (κ2) is 10.5. The van der Waals surface area contributed by atoms with Crippen molar-refractivity contribution >= 4 is 21.6 Å². The van der Waals surface area contributed by atoms with Gasteiger partial charge in [-0.15, -0.1) is 0 Å². The first-order valence-corrected chi connectivity index (χ1v) is 11.2. The van der Waals surface area contributed by atoms with Gasteiger partial charge in [0.05, 0.1) is 31.3 Å². The highest BCUT2D eigenvalue weighted by Gasteiger charge is 2.18. The Balaban J connectivity index is 1.61. The van der Waals surface area contributed by atoms with Gasteiger partial charge in [0.2, 0.25) is 0 Å². The van der Waals surface area contributed by atoms with E-state index >= 15 is 0 Å². The minimum absolute atomic E-state index is 0.0383. The van der Waals surface area contributed by atoms with Crippen molar-refractivity contribution in [2.45, 2.75) is 4.90 Å². The molecule has 0 fully saturated rings. The smallest absolute Gasteiger partial charge is 0.262 e. The van der Waals surface area contributed by atoms with Crippen LogP contribution in [-0.4, -0.2) is 41.7 Å². The zero-order chi connectivity index (χ0) is 23.0. The molecule has 0 aliphatic carbocycles. The lowest BCUT2D eigenvalue weighted by Crippen LogP contribution is -2.28. The number of ether oxygens (including phenoxy) is 3. The molecule has 8 nitrogen and oxygen atoms in total. The molecule has 9 heteroatoms. The molecule has 0 unspecified atom stereocenters. The first kappa shape index (κ1) is 23.0. The van der Waals surface area contributed by atoms with Crippen LogP contribution in [0, 0.1) is 0 Å². The van der Waals surface area contributed by atoms with Gasteiger partial charge in [-0.3, -0.25) is 9.52 Å². The van der Waals surface area contributed by atoms with Gasteiger partial charge in [0.1, 0.15) is 23.9 Å². The van der Waals surface area contributed by atoms with Gasteiger partial charge in [0.15, 0.2) is 0 Å². The predicted molar refractivity (Wildman–Crippen MR) is 121 cm³/mol. The molecule has 0 saturated carbocycles. The highest BCUT2D eigenvalue weighted by atomic mass is 32.2. The number of amides is 1. The Bertz CT molecular complexity index is 1180. The van der Waals surface area contributed by atoms with Crippen molar-refractivity contribution < 1.29 is 27.4 Å².